The fourth-order valence-electron chi connectivity index (χ4n) is 1.27. The standard InChI is InChI=1S/C7H12N2O3/c1-2-9-4-6(10)8-3-5(9)7(11)12/h5H,2-4H2,1H3,(H,8,10)(H,11,12). The summed E-state index contributed by atoms with van der Waals surface area (Å²) in [5, 5.41) is 11.2. The Morgan fingerprint density at radius 2 is 2.50 bits per heavy atom. The van der Waals surface area contributed by atoms with Gasteiger partial charge in [0.1, 0.15) is 6.04 Å². The summed E-state index contributed by atoms with van der Waals surface area (Å²) >= 11 is 0. The Kier molecular flexibility index (Phi) is 2.65. The number of rotatable bonds is 2. The van der Waals surface area contributed by atoms with Crippen LogP contribution in [-0.2, 0) is 9.59 Å². The highest BCUT2D eigenvalue weighted by Crippen LogP contribution is 2.02. The molecule has 1 rings (SSSR count). The van der Waals surface area contributed by atoms with Crippen molar-refractivity contribution in [1.29, 1.82) is 0 Å². The van der Waals surface area contributed by atoms with Gasteiger partial charge in [-0.1, -0.05) is 6.92 Å². The van der Waals surface area contributed by atoms with E-state index in [4.69, 9.17) is 5.11 Å². The summed E-state index contributed by atoms with van der Waals surface area (Å²) < 4.78 is 0. The number of nitrogens with zero attached hydrogens (tertiary/aromatic N) is 1. The van der Waals surface area contributed by atoms with Crippen molar-refractivity contribution < 1.29 is 14.7 Å². The van der Waals surface area contributed by atoms with Gasteiger partial charge in [-0.3, -0.25) is 14.5 Å². The number of piperazine rings is 1. The average molecular weight is 172 g/mol. The van der Waals surface area contributed by atoms with Gasteiger partial charge in [0.25, 0.3) is 0 Å². The van der Waals surface area contributed by atoms with Crippen molar-refractivity contribution in [2.24, 2.45) is 0 Å². The van der Waals surface area contributed by atoms with Crippen molar-refractivity contribution in [3.63, 3.8) is 0 Å². The first kappa shape index (κ1) is 8.99. The minimum atomic E-state index is -0.878. The quantitative estimate of drug-likeness (QED) is 0.554. The number of aliphatic carboxylic acids is 1. The molecule has 0 aromatic heterocycles. The van der Waals surface area contributed by atoms with Crippen molar-refractivity contribution in [2.45, 2.75) is 13.0 Å². The van der Waals surface area contributed by atoms with E-state index in [1.165, 1.54) is 0 Å². The SMILES string of the molecule is CCN1CC(=O)NCC1C(=O)O. The normalized spacial score (nSPS) is 25.1. The highest BCUT2D eigenvalue weighted by atomic mass is 16.4. The molecule has 1 saturated heterocycles. The van der Waals surface area contributed by atoms with Crippen LogP contribution in [0.3, 0.4) is 0 Å². The fourth-order valence-corrected chi connectivity index (χ4v) is 1.27. The zero-order valence-corrected chi connectivity index (χ0v) is 6.91. The van der Waals surface area contributed by atoms with Gasteiger partial charge >= 0.3 is 5.97 Å². The third kappa shape index (κ3) is 1.73. The second-order valence-electron chi connectivity index (χ2n) is 2.72. The molecule has 1 atom stereocenters. The summed E-state index contributed by atoms with van der Waals surface area (Å²) in [6.45, 7) is 2.83. The maximum atomic E-state index is 10.9. The summed E-state index contributed by atoms with van der Waals surface area (Å²) in [5.41, 5.74) is 0. The number of carboxylic acids is 1. The van der Waals surface area contributed by atoms with E-state index in [2.05, 4.69) is 5.32 Å². The molecule has 1 fully saturated rings. The van der Waals surface area contributed by atoms with E-state index in [0.29, 0.717) is 6.54 Å². The minimum absolute atomic E-state index is 0.102. The number of amides is 1. The van der Waals surface area contributed by atoms with Crippen LogP contribution in [0.15, 0.2) is 0 Å². The van der Waals surface area contributed by atoms with Crippen LogP contribution in [0.4, 0.5) is 0 Å². The molecule has 0 aromatic carbocycles. The monoisotopic (exact) mass is 172 g/mol. The van der Waals surface area contributed by atoms with Crippen molar-refractivity contribution in [1.82, 2.24) is 10.2 Å². The van der Waals surface area contributed by atoms with Crippen LogP contribution in [0.25, 0.3) is 0 Å². The molecule has 68 valence electrons. The lowest BCUT2D eigenvalue weighted by Gasteiger charge is -2.31. The van der Waals surface area contributed by atoms with Crippen LogP contribution in [0.5, 0.6) is 0 Å². The third-order valence-corrected chi connectivity index (χ3v) is 1.97. The molecule has 0 aliphatic carbocycles. The molecule has 0 saturated carbocycles. The van der Waals surface area contributed by atoms with Crippen LogP contribution >= 0.6 is 0 Å². The fraction of sp³-hybridized carbons (Fsp3) is 0.714. The van der Waals surface area contributed by atoms with Crippen LogP contribution in [0, 0.1) is 0 Å². The number of likely N-dealkylation sites (N-methyl/N-ethyl adjacent to an activating group) is 1. The number of carbonyl (C=O) groups is 2. The molecular weight excluding hydrogens is 160 g/mol. The molecule has 12 heavy (non-hydrogen) atoms. The van der Waals surface area contributed by atoms with E-state index in [9.17, 15) is 9.59 Å². The molecule has 2 N–H and O–H groups in total. The summed E-state index contributed by atoms with van der Waals surface area (Å²) in [6, 6.07) is -0.562. The molecule has 1 unspecified atom stereocenters. The van der Waals surface area contributed by atoms with Gasteiger partial charge in [-0.15, -0.1) is 0 Å². The van der Waals surface area contributed by atoms with E-state index in [0.717, 1.165) is 0 Å². The predicted octanol–water partition coefficient (Wildman–Crippen LogP) is -1.11. The maximum Gasteiger partial charge on any atom is 0.322 e. The Hall–Kier alpha value is -1.10. The van der Waals surface area contributed by atoms with Crippen molar-refractivity contribution in [2.75, 3.05) is 19.6 Å². The topological polar surface area (TPSA) is 69.6 Å². The second kappa shape index (κ2) is 3.53. The lowest BCUT2D eigenvalue weighted by Crippen LogP contribution is -2.57. The van der Waals surface area contributed by atoms with Gasteiger partial charge in [-0.25, -0.2) is 0 Å². The smallest absolute Gasteiger partial charge is 0.322 e. The molecule has 5 nitrogen and oxygen atoms in total. The Morgan fingerprint density at radius 1 is 1.83 bits per heavy atom. The Morgan fingerprint density at radius 3 is 3.00 bits per heavy atom. The van der Waals surface area contributed by atoms with Gasteiger partial charge < -0.3 is 10.4 Å². The van der Waals surface area contributed by atoms with Crippen molar-refractivity contribution >= 4 is 11.9 Å². The van der Waals surface area contributed by atoms with Gasteiger partial charge in [-0.2, -0.15) is 0 Å². The summed E-state index contributed by atoms with van der Waals surface area (Å²) in [6.07, 6.45) is 0. The maximum absolute atomic E-state index is 10.9. The molecule has 1 aliphatic rings. The zero-order valence-electron chi connectivity index (χ0n) is 6.91. The molecule has 1 heterocycles. The number of carboxylic acid groups (broad SMARTS) is 1. The first-order chi connectivity index (χ1) is 5.65. The predicted molar refractivity (Wildman–Crippen MR) is 41.7 cm³/mol. The molecular formula is C7H12N2O3. The van der Waals surface area contributed by atoms with Crippen molar-refractivity contribution in [3.8, 4) is 0 Å². The van der Waals surface area contributed by atoms with E-state index < -0.39 is 12.0 Å². The van der Waals surface area contributed by atoms with Crippen LogP contribution in [0.2, 0.25) is 0 Å². The van der Waals surface area contributed by atoms with Crippen LogP contribution < -0.4 is 5.32 Å². The summed E-state index contributed by atoms with van der Waals surface area (Å²) in [5.74, 6) is -0.980. The lowest BCUT2D eigenvalue weighted by molar-refractivity contribution is -0.145. The molecule has 0 radical (unpaired) electrons. The number of carbonyl (C=O) groups excluding carboxylic acids is 1. The van der Waals surface area contributed by atoms with Gasteiger partial charge in [0.15, 0.2) is 0 Å². The lowest BCUT2D eigenvalue weighted by atomic mass is 10.2. The molecule has 1 amide bonds. The van der Waals surface area contributed by atoms with Crippen LogP contribution in [0.1, 0.15) is 6.92 Å². The van der Waals surface area contributed by atoms with Gasteiger partial charge in [0.2, 0.25) is 5.91 Å². The van der Waals surface area contributed by atoms with Gasteiger partial charge in [-0.05, 0) is 6.54 Å². The number of nitrogens with one attached hydrogen (secondary N) is 1. The zero-order chi connectivity index (χ0) is 9.14. The first-order valence-corrected chi connectivity index (χ1v) is 3.88. The highest BCUT2D eigenvalue weighted by molar-refractivity contribution is 5.83. The molecule has 5 heteroatoms. The molecule has 1 aliphatic heterocycles. The molecule has 0 bridgehead atoms. The van der Waals surface area contributed by atoms with E-state index >= 15 is 0 Å². The number of hydrogen-bond acceptors (Lipinski definition) is 3. The Labute approximate surface area is 70.4 Å². The largest absolute Gasteiger partial charge is 0.480 e. The second-order valence-corrected chi connectivity index (χ2v) is 2.72. The van der Waals surface area contributed by atoms with Crippen molar-refractivity contribution in [3.05, 3.63) is 0 Å². The minimum Gasteiger partial charge on any atom is -0.480 e. The Balaban J connectivity index is 2.62. The van der Waals surface area contributed by atoms with E-state index in [1.54, 1.807) is 4.90 Å². The van der Waals surface area contributed by atoms with E-state index in [1.807, 2.05) is 6.92 Å². The van der Waals surface area contributed by atoms with Gasteiger partial charge in [0, 0.05) is 6.54 Å². The van der Waals surface area contributed by atoms with Crippen LogP contribution in [-0.4, -0.2) is 47.6 Å². The molecule has 0 spiro atoms. The Bertz CT molecular complexity index is 205. The molecule has 0 aromatic rings. The van der Waals surface area contributed by atoms with E-state index in [-0.39, 0.29) is 19.0 Å². The summed E-state index contributed by atoms with van der Waals surface area (Å²) in [4.78, 5) is 23.1. The highest BCUT2D eigenvalue weighted by Gasteiger charge is 2.30. The first-order valence-electron chi connectivity index (χ1n) is 3.88. The van der Waals surface area contributed by atoms with Gasteiger partial charge in [0.05, 0.1) is 6.54 Å². The third-order valence-electron chi connectivity index (χ3n) is 1.97. The summed E-state index contributed by atoms with van der Waals surface area (Å²) in [7, 11) is 0. The average Bonchev–Trinajstić information content (AvgIpc) is 2.03. The number of hydrogen-bond donors (Lipinski definition) is 2.